The van der Waals surface area contributed by atoms with Gasteiger partial charge in [0.15, 0.2) is 17.6 Å². The Hall–Kier alpha value is -3.42. The molecule has 0 aliphatic carbocycles. The molecule has 2 aromatic carbocycles. The largest absolute Gasteiger partial charge is 0.493 e. The average molecular weight is 388 g/mol. The minimum Gasteiger partial charge on any atom is -0.493 e. The van der Waals surface area contributed by atoms with Crippen LogP contribution < -0.4 is 24.8 Å². The van der Waals surface area contributed by atoms with Crippen LogP contribution in [-0.4, -0.2) is 46.5 Å². The van der Waals surface area contributed by atoms with E-state index in [0.717, 1.165) is 5.56 Å². The zero-order valence-corrected chi connectivity index (χ0v) is 16.3. The molecule has 0 saturated carbocycles. The summed E-state index contributed by atoms with van der Waals surface area (Å²) in [5, 5.41) is 0. The quantitative estimate of drug-likeness (QED) is 0.745. The van der Waals surface area contributed by atoms with Crippen molar-refractivity contribution in [3.8, 4) is 17.2 Å². The Kier molecular flexibility index (Phi) is 7.08. The van der Waals surface area contributed by atoms with Crippen LogP contribution in [0, 0.1) is 0 Å². The van der Waals surface area contributed by atoms with E-state index in [9.17, 15) is 9.59 Å². The topological polar surface area (TPSA) is 100 Å². The minimum atomic E-state index is -1.08. The summed E-state index contributed by atoms with van der Waals surface area (Å²) in [6.45, 7) is 0. The van der Waals surface area contributed by atoms with Crippen molar-refractivity contribution in [1.29, 1.82) is 0 Å². The average Bonchev–Trinajstić information content (AvgIpc) is 2.71. The molecule has 1 atom stereocenters. The first-order chi connectivity index (χ1) is 13.4. The van der Waals surface area contributed by atoms with Gasteiger partial charge in [-0.3, -0.25) is 4.79 Å². The number of hydrogen-bond donors (Lipinski definition) is 1. The molecule has 0 heterocycles. The molecule has 0 aliphatic rings. The highest BCUT2D eigenvalue weighted by Gasteiger charge is 2.28. The number of nitrogens with zero attached hydrogens (tertiary/aromatic N) is 1. The summed E-state index contributed by atoms with van der Waals surface area (Å²) in [7, 11) is 6.02. The summed E-state index contributed by atoms with van der Waals surface area (Å²) in [5.41, 5.74) is 6.48. The van der Waals surface area contributed by atoms with Gasteiger partial charge in [-0.05, 0) is 5.56 Å². The van der Waals surface area contributed by atoms with Crippen LogP contribution >= 0.6 is 0 Å². The monoisotopic (exact) mass is 388 g/mol. The molecule has 2 N–H and O–H groups in total. The van der Waals surface area contributed by atoms with Crippen molar-refractivity contribution in [3.63, 3.8) is 0 Å². The van der Waals surface area contributed by atoms with Gasteiger partial charge in [-0.2, -0.15) is 0 Å². The van der Waals surface area contributed by atoms with Gasteiger partial charge in [-0.1, -0.05) is 30.3 Å². The molecule has 0 radical (unpaired) electrons. The number of methoxy groups -OCH3 is 3. The maximum absolute atomic E-state index is 13.0. The van der Waals surface area contributed by atoms with Gasteiger partial charge >= 0.3 is 6.09 Å². The molecule has 28 heavy (non-hydrogen) atoms. The Bertz CT molecular complexity index is 800. The molecule has 1 unspecified atom stereocenters. The predicted octanol–water partition coefficient (Wildman–Crippen LogP) is 2.38. The number of anilines is 1. The van der Waals surface area contributed by atoms with E-state index in [0.29, 0.717) is 22.9 Å². The second-order valence-electron chi connectivity index (χ2n) is 5.90. The van der Waals surface area contributed by atoms with Crippen molar-refractivity contribution >= 4 is 17.7 Å². The number of likely N-dealkylation sites (N-methyl/N-ethyl adjacent to an activating group) is 1. The molecule has 2 aromatic rings. The number of hydrogen-bond acceptors (Lipinski definition) is 6. The first-order valence-electron chi connectivity index (χ1n) is 8.48. The molecule has 150 valence electrons. The molecule has 0 fully saturated rings. The van der Waals surface area contributed by atoms with Gasteiger partial charge in [-0.15, -0.1) is 0 Å². The van der Waals surface area contributed by atoms with Gasteiger partial charge in [0.1, 0.15) is 0 Å². The van der Waals surface area contributed by atoms with Crippen LogP contribution in [0.4, 0.5) is 10.5 Å². The Balaban J connectivity index is 2.34. The first-order valence-corrected chi connectivity index (χ1v) is 8.48. The third-order valence-corrected chi connectivity index (χ3v) is 4.17. The summed E-state index contributed by atoms with van der Waals surface area (Å²) in [4.78, 5) is 25.7. The smallest absolute Gasteiger partial charge is 0.405 e. The van der Waals surface area contributed by atoms with Gasteiger partial charge in [0.05, 0.1) is 27.0 Å². The fraction of sp³-hybridized carbons (Fsp3) is 0.300. The van der Waals surface area contributed by atoms with E-state index in [-0.39, 0.29) is 6.42 Å². The fourth-order valence-electron chi connectivity index (χ4n) is 2.75. The number of carbonyl (C=O) groups excluding carboxylic acids is 2. The predicted molar refractivity (Wildman–Crippen MR) is 104 cm³/mol. The van der Waals surface area contributed by atoms with E-state index >= 15 is 0 Å². The highest BCUT2D eigenvalue weighted by molar-refractivity contribution is 5.97. The number of nitrogens with two attached hydrogens (primary N) is 1. The third-order valence-electron chi connectivity index (χ3n) is 4.17. The summed E-state index contributed by atoms with van der Waals surface area (Å²) in [6.07, 6.45) is -1.91. The zero-order chi connectivity index (χ0) is 20.7. The lowest BCUT2D eigenvalue weighted by atomic mass is 10.1. The Morgan fingerprint density at radius 2 is 1.57 bits per heavy atom. The summed E-state index contributed by atoms with van der Waals surface area (Å²) in [6, 6.07) is 12.5. The number of ether oxygens (including phenoxy) is 4. The molecule has 8 nitrogen and oxygen atoms in total. The third kappa shape index (κ3) is 4.85. The van der Waals surface area contributed by atoms with Crippen molar-refractivity contribution in [1.82, 2.24) is 0 Å². The van der Waals surface area contributed by atoms with Crippen LogP contribution in [0.25, 0.3) is 0 Å². The van der Waals surface area contributed by atoms with Gasteiger partial charge in [0.25, 0.3) is 5.91 Å². The lowest BCUT2D eigenvalue weighted by molar-refractivity contribution is -0.126. The second kappa shape index (κ2) is 9.50. The number of carbonyl (C=O) groups is 2. The van der Waals surface area contributed by atoms with E-state index in [1.54, 1.807) is 19.2 Å². The van der Waals surface area contributed by atoms with E-state index in [1.807, 2.05) is 30.3 Å². The van der Waals surface area contributed by atoms with E-state index in [1.165, 1.54) is 26.2 Å². The Morgan fingerprint density at radius 1 is 1.00 bits per heavy atom. The molecule has 2 rings (SSSR count). The fourth-order valence-corrected chi connectivity index (χ4v) is 2.75. The Labute approximate surface area is 163 Å². The number of benzene rings is 2. The van der Waals surface area contributed by atoms with Crippen molar-refractivity contribution in [2.75, 3.05) is 33.3 Å². The molecule has 0 spiro atoms. The normalized spacial score (nSPS) is 11.3. The van der Waals surface area contributed by atoms with Crippen LogP contribution in [0.2, 0.25) is 0 Å². The molecule has 0 aromatic heterocycles. The van der Waals surface area contributed by atoms with Gasteiger partial charge < -0.3 is 29.6 Å². The van der Waals surface area contributed by atoms with Crippen molar-refractivity contribution in [2.24, 2.45) is 5.73 Å². The van der Waals surface area contributed by atoms with E-state index < -0.39 is 18.1 Å². The summed E-state index contributed by atoms with van der Waals surface area (Å²) >= 11 is 0. The molecular weight excluding hydrogens is 364 g/mol. The molecule has 0 saturated heterocycles. The standard InChI is InChI=1S/C20H24N2O6/c1-22(14-11-15(25-2)18(27-4)16(12-14)26-3)19(23)17(28-20(21)24)10-13-8-6-5-7-9-13/h5-9,11-12,17H,10H2,1-4H3,(H2,21,24). The van der Waals surface area contributed by atoms with Gasteiger partial charge in [-0.25, -0.2) is 4.79 Å². The van der Waals surface area contributed by atoms with E-state index in [2.05, 4.69) is 0 Å². The first kappa shape index (κ1) is 20.9. The molecule has 8 heteroatoms. The second-order valence-corrected chi connectivity index (χ2v) is 5.90. The van der Waals surface area contributed by atoms with Crippen LogP contribution in [0.15, 0.2) is 42.5 Å². The number of amides is 2. The summed E-state index contributed by atoms with van der Waals surface area (Å²) in [5.74, 6) is 0.750. The van der Waals surface area contributed by atoms with E-state index in [4.69, 9.17) is 24.7 Å². The maximum Gasteiger partial charge on any atom is 0.405 e. The van der Waals surface area contributed by atoms with Crippen molar-refractivity contribution in [3.05, 3.63) is 48.0 Å². The molecular formula is C20H24N2O6. The van der Waals surface area contributed by atoms with Gasteiger partial charge in [0.2, 0.25) is 5.75 Å². The minimum absolute atomic E-state index is 0.192. The SMILES string of the molecule is COc1cc(N(C)C(=O)C(Cc2ccccc2)OC(N)=O)cc(OC)c1OC. The zero-order valence-electron chi connectivity index (χ0n) is 16.3. The van der Waals surface area contributed by atoms with Gasteiger partial charge in [0, 0.05) is 25.6 Å². The molecule has 2 amide bonds. The van der Waals surface area contributed by atoms with Crippen LogP contribution in [0.1, 0.15) is 5.56 Å². The Morgan fingerprint density at radius 3 is 2.04 bits per heavy atom. The van der Waals surface area contributed by atoms with Crippen LogP contribution in [-0.2, 0) is 16.0 Å². The van der Waals surface area contributed by atoms with Crippen LogP contribution in [0.3, 0.4) is 0 Å². The van der Waals surface area contributed by atoms with Crippen molar-refractivity contribution in [2.45, 2.75) is 12.5 Å². The molecule has 0 aliphatic heterocycles. The number of rotatable bonds is 8. The lowest BCUT2D eigenvalue weighted by Gasteiger charge is -2.25. The van der Waals surface area contributed by atoms with Crippen LogP contribution in [0.5, 0.6) is 17.2 Å². The lowest BCUT2D eigenvalue weighted by Crippen LogP contribution is -2.41. The highest BCUT2D eigenvalue weighted by Crippen LogP contribution is 2.41. The maximum atomic E-state index is 13.0. The van der Waals surface area contributed by atoms with Crippen molar-refractivity contribution < 1.29 is 28.5 Å². The number of primary amides is 1. The highest BCUT2D eigenvalue weighted by atomic mass is 16.6. The summed E-state index contributed by atoms with van der Waals surface area (Å²) < 4.78 is 21.0. The molecule has 0 bridgehead atoms.